The van der Waals surface area contributed by atoms with Gasteiger partial charge in [-0.1, -0.05) is 34.6 Å². The second-order valence-electron chi connectivity index (χ2n) is 20.7. The zero-order valence-corrected chi connectivity index (χ0v) is 43.8. The molecule has 0 aromatic carbocycles. The number of ether oxygens (including phenoxy) is 7. The molecule has 0 saturated carbocycles. The molecule has 1 saturated heterocycles. The van der Waals surface area contributed by atoms with Gasteiger partial charge in [0, 0.05) is 99.5 Å². The summed E-state index contributed by atoms with van der Waals surface area (Å²) in [5.41, 5.74) is -0.551. The fourth-order valence-electron chi connectivity index (χ4n) is 12.4. The lowest BCUT2D eigenvalue weighted by Crippen LogP contribution is -2.58. The second-order valence-corrected chi connectivity index (χ2v) is 20.7. The smallest absolute Gasteiger partial charge is 0.306 e. The van der Waals surface area contributed by atoms with Crippen LogP contribution >= 0.6 is 0 Å². The molecule has 0 unspecified atom stereocenters. The maximum atomic E-state index is 14.0. The molecule has 0 aromatic heterocycles. The van der Waals surface area contributed by atoms with Gasteiger partial charge in [0.05, 0.1) is 86.3 Å². The van der Waals surface area contributed by atoms with Gasteiger partial charge in [-0.15, -0.1) is 0 Å². The summed E-state index contributed by atoms with van der Waals surface area (Å²) in [5.74, 6) is -5.66. The Balaban J connectivity index is 2.04. The minimum Gasteiger partial charge on any atom is -0.469 e. The lowest BCUT2D eigenvalue weighted by Gasteiger charge is -2.48. The number of allylic oxidation sites excluding steroid dienone is 6. The van der Waals surface area contributed by atoms with Gasteiger partial charge < -0.3 is 38.5 Å². The molecule has 1 fully saturated rings. The first-order valence-corrected chi connectivity index (χ1v) is 24.0. The van der Waals surface area contributed by atoms with Crippen LogP contribution in [0.5, 0.6) is 0 Å². The Morgan fingerprint density at radius 3 is 1.57 bits per heavy atom. The first kappa shape index (κ1) is 55.2. The van der Waals surface area contributed by atoms with E-state index in [1.165, 1.54) is 49.8 Å². The first-order valence-electron chi connectivity index (χ1n) is 24.0. The van der Waals surface area contributed by atoms with E-state index in [4.69, 9.17) is 48.1 Å². The quantitative estimate of drug-likeness (QED) is 0.113. The summed E-state index contributed by atoms with van der Waals surface area (Å²) in [5, 5.41) is 3.91. The third kappa shape index (κ3) is 9.97. The summed E-state index contributed by atoms with van der Waals surface area (Å²) in [7, 11) is 9.21. The van der Waals surface area contributed by atoms with E-state index in [1.54, 1.807) is 0 Å². The Morgan fingerprint density at radius 2 is 1.04 bits per heavy atom. The van der Waals surface area contributed by atoms with E-state index in [2.05, 4.69) is 19.2 Å². The van der Waals surface area contributed by atoms with Crippen molar-refractivity contribution in [3.63, 3.8) is 0 Å². The van der Waals surface area contributed by atoms with Crippen LogP contribution in [0, 0.1) is 45.3 Å². The van der Waals surface area contributed by atoms with E-state index in [-0.39, 0.29) is 64.2 Å². The van der Waals surface area contributed by atoms with Crippen LogP contribution in [-0.4, -0.2) is 120 Å². The number of esters is 7. The summed E-state index contributed by atoms with van der Waals surface area (Å²) >= 11 is 0. The molecule has 5 aliphatic heterocycles. The normalized spacial score (nSPS) is 33.4. The molecule has 18 nitrogen and oxygen atoms in total. The Hall–Kier alpha value is -5.68. The van der Waals surface area contributed by atoms with Crippen molar-refractivity contribution in [1.29, 1.82) is 0 Å². The molecule has 5 heterocycles. The molecule has 0 amide bonds. The average Bonchev–Trinajstić information content (AvgIpc) is 3.95. The van der Waals surface area contributed by atoms with Crippen molar-refractivity contribution >= 4 is 58.9 Å². The molecule has 0 aromatic rings. The number of carbonyl (C=O) groups is 7. The Kier molecular flexibility index (Phi) is 16.9. The van der Waals surface area contributed by atoms with Crippen LogP contribution < -0.4 is 5.32 Å². The SMILES string of the molecule is COC(=O)CC[C@@H]1C2=NC(=C\C3=NC(=C(/C)C4=N[C@@](C)([C@@H]5N/C(=C\2C)[C@](C)(CCC(=O)OC)[C@H]5CC(=O)OC)[C@@](C)(CC(=O)OC)[C@@H]4CCC(=O)OC)/[C@@](C)(CC(=O)OC)[C@@H]3CCC(=O)OC)/C1(C)C. The summed E-state index contributed by atoms with van der Waals surface area (Å²) in [6.07, 6.45) is 2.39. The zero-order chi connectivity index (χ0) is 52.3. The minimum atomic E-state index is -1.33. The van der Waals surface area contributed by atoms with Crippen LogP contribution in [0.2, 0.25) is 0 Å². The number of rotatable bonds is 18. The molecular weight excluding hydrogens is 905 g/mol. The van der Waals surface area contributed by atoms with Gasteiger partial charge in [0.15, 0.2) is 0 Å². The maximum absolute atomic E-state index is 14.0. The van der Waals surface area contributed by atoms with Crippen molar-refractivity contribution in [2.45, 2.75) is 138 Å². The van der Waals surface area contributed by atoms with Gasteiger partial charge in [0.1, 0.15) is 0 Å². The first-order chi connectivity index (χ1) is 32.8. The molecule has 0 radical (unpaired) electrons. The van der Waals surface area contributed by atoms with Gasteiger partial charge in [0.25, 0.3) is 0 Å². The van der Waals surface area contributed by atoms with Gasteiger partial charge in [-0.2, -0.15) is 0 Å². The standard InChI is InChI=1S/C52H74N4O14/c1-28-43-31(17-20-37(58)65-10)48(3,4)35(54-43)25-34-30(16-19-36(57)64-9)50(6,26-41(62)69-14)46(53-34)29(2)44-32(18-21-38(59)66-11)51(7,27-42(63)70-15)52(8,56-44)47-33(24-40(61)68-13)49(5,45(28)55-47)23-22-39(60)67-12/h25,30-33,47,55H,16-24,26-27H2,1-15H3/b35-25-,45-28-,46-29-/t30-,31-,32-,33+,47-,49-,50+,51+,52+/m1/s1. The van der Waals surface area contributed by atoms with Crippen LogP contribution in [0.15, 0.2) is 49.3 Å². The van der Waals surface area contributed by atoms with Crippen LogP contribution in [0.1, 0.15) is 126 Å². The van der Waals surface area contributed by atoms with Crippen molar-refractivity contribution in [3.05, 3.63) is 34.3 Å². The van der Waals surface area contributed by atoms with E-state index in [0.29, 0.717) is 46.2 Å². The summed E-state index contributed by atoms with van der Waals surface area (Å²) in [6, 6.07) is -0.773. The molecule has 0 aliphatic carbocycles. The second kappa shape index (κ2) is 21.4. The predicted octanol–water partition coefficient (Wildman–Crippen LogP) is 6.54. The number of hydrogen-bond acceptors (Lipinski definition) is 18. The van der Waals surface area contributed by atoms with Crippen molar-refractivity contribution in [2.75, 3.05) is 49.8 Å². The number of methoxy groups -OCH3 is 7. The van der Waals surface area contributed by atoms with Crippen LogP contribution in [-0.2, 0) is 66.7 Å². The highest BCUT2D eigenvalue weighted by Gasteiger charge is 2.67. The minimum absolute atomic E-state index is 0.00557. The van der Waals surface area contributed by atoms with E-state index in [0.717, 1.165) is 5.57 Å². The Morgan fingerprint density at radius 1 is 0.557 bits per heavy atom. The number of nitrogens with one attached hydrogen (secondary N) is 1. The molecule has 5 rings (SSSR count). The number of nitrogens with zero attached hydrogens (tertiary/aromatic N) is 3. The highest BCUT2D eigenvalue weighted by molar-refractivity contribution is 6.10. The average molecular weight is 979 g/mol. The van der Waals surface area contributed by atoms with E-state index >= 15 is 0 Å². The molecule has 18 heteroatoms. The summed E-state index contributed by atoms with van der Waals surface area (Å²) < 4.78 is 36.8. The zero-order valence-electron chi connectivity index (χ0n) is 43.8. The fourth-order valence-corrected chi connectivity index (χ4v) is 12.4. The Labute approximate surface area is 411 Å². The number of hydrogen-bond donors (Lipinski definition) is 1. The highest BCUT2D eigenvalue weighted by Crippen LogP contribution is 2.62. The van der Waals surface area contributed by atoms with Gasteiger partial charge in [0.2, 0.25) is 0 Å². The summed E-state index contributed by atoms with van der Waals surface area (Å²) in [4.78, 5) is 110. The van der Waals surface area contributed by atoms with E-state index < -0.39 is 98.7 Å². The van der Waals surface area contributed by atoms with Gasteiger partial charge in [-0.05, 0) is 63.7 Å². The lowest BCUT2D eigenvalue weighted by molar-refractivity contribution is -0.147. The van der Waals surface area contributed by atoms with Crippen molar-refractivity contribution < 1.29 is 66.7 Å². The highest BCUT2D eigenvalue weighted by atomic mass is 16.5. The van der Waals surface area contributed by atoms with Crippen molar-refractivity contribution in [3.8, 4) is 0 Å². The predicted molar refractivity (Wildman–Crippen MR) is 258 cm³/mol. The topological polar surface area (TPSA) is 233 Å². The Bertz CT molecular complexity index is 2340. The lowest BCUT2D eigenvalue weighted by atomic mass is 9.56. The number of fused-ring (bicyclic) bond motifs is 6. The molecule has 70 heavy (non-hydrogen) atoms. The van der Waals surface area contributed by atoms with Gasteiger partial charge in [-0.25, -0.2) is 0 Å². The molecule has 0 spiro atoms. The third-order valence-corrected chi connectivity index (χ3v) is 16.9. The van der Waals surface area contributed by atoms with Crippen LogP contribution in [0.4, 0.5) is 0 Å². The van der Waals surface area contributed by atoms with Gasteiger partial charge in [-0.3, -0.25) is 48.5 Å². The molecule has 1 N–H and O–H groups in total. The van der Waals surface area contributed by atoms with Crippen LogP contribution in [0.3, 0.4) is 0 Å². The van der Waals surface area contributed by atoms with Crippen molar-refractivity contribution in [1.82, 2.24) is 5.32 Å². The monoisotopic (exact) mass is 979 g/mol. The molecule has 5 aliphatic rings. The fraction of sp³-hybridized carbons (Fsp3) is 0.692. The molecule has 9 atom stereocenters. The largest absolute Gasteiger partial charge is 0.469 e. The van der Waals surface area contributed by atoms with Gasteiger partial charge >= 0.3 is 41.8 Å². The van der Waals surface area contributed by atoms with Crippen molar-refractivity contribution in [2.24, 2.45) is 60.3 Å². The molecule has 8 bridgehead atoms. The van der Waals surface area contributed by atoms with E-state index in [9.17, 15) is 33.6 Å². The molecule has 386 valence electrons. The maximum Gasteiger partial charge on any atom is 0.306 e. The summed E-state index contributed by atoms with van der Waals surface area (Å²) in [6.45, 7) is 15.7. The van der Waals surface area contributed by atoms with Crippen LogP contribution in [0.25, 0.3) is 0 Å². The van der Waals surface area contributed by atoms with E-state index in [1.807, 2.05) is 47.6 Å². The number of aliphatic imine (C=N–C) groups is 3. The third-order valence-electron chi connectivity index (χ3n) is 16.9. The number of carbonyl (C=O) groups excluding carboxylic acids is 7. The molecular formula is C52H74N4O14.